The van der Waals surface area contributed by atoms with Crippen molar-refractivity contribution in [3.63, 3.8) is 0 Å². The number of hydrogen-bond donors (Lipinski definition) is 1. The number of aliphatic imine (C=N–C) groups is 1. The molecule has 3 aromatic rings. The van der Waals surface area contributed by atoms with Crippen molar-refractivity contribution < 1.29 is 4.79 Å². The largest absolute Gasteiger partial charge is 0.351 e. The minimum Gasteiger partial charge on any atom is -0.351 e. The van der Waals surface area contributed by atoms with E-state index in [0.29, 0.717) is 10.8 Å². The molecule has 1 aliphatic heterocycles. The van der Waals surface area contributed by atoms with Crippen molar-refractivity contribution in [3.05, 3.63) is 63.0 Å². The van der Waals surface area contributed by atoms with Crippen molar-refractivity contribution in [1.29, 1.82) is 0 Å². The lowest BCUT2D eigenvalue weighted by Gasteiger charge is -2.21. The molecule has 4 rings (SSSR count). The molecule has 8 heteroatoms. The maximum atomic E-state index is 12.8. The predicted octanol–water partition coefficient (Wildman–Crippen LogP) is 4.80. The molecule has 1 aliphatic rings. The minimum absolute atomic E-state index is 0.0686. The number of nitrogens with zero attached hydrogens (tertiary/aromatic N) is 4. The number of halogens is 1. The smallest absolute Gasteiger partial charge is 0.223 e. The van der Waals surface area contributed by atoms with Crippen LogP contribution in [0, 0.1) is 13.8 Å². The van der Waals surface area contributed by atoms with Gasteiger partial charge in [-0.15, -0.1) is 21.5 Å². The Morgan fingerprint density at radius 2 is 1.90 bits per heavy atom. The van der Waals surface area contributed by atoms with Gasteiger partial charge in [-0.3, -0.25) is 14.4 Å². The topological polar surface area (TPSA) is 72.2 Å². The monoisotopic (exact) mass is 441 g/mol. The van der Waals surface area contributed by atoms with Gasteiger partial charge in [0.25, 0.3) is 0 Å². The molecule has 156 valence electrons. The van der Waals surface area contributed by atoms with E-state index in [1.807, 2.05) is 56.5 Å². The molecule has 0 bridgehead atoms. The number of hydrogen-bond acceptors (Lipinski definition) is 5. The summed E-state index contributed by atoms with van der Waals surface area (Å²) in [6.07, 6.45) is 0.195. The van der Waals surface area contributed by atoms with Gasteiger partial charge >= 0.3 is 0 Å². The summed E-state index contributed by atoms with van der Waals surface area (Å²) in [6, 6.07) is 7.20. The number of aromatic nitrogens is 3. The molecule has 0 saturated carbocycles. The zero-order valence-corrected chi connectivity index (χ0v) is 19.2. The zero-order valence-electron chi connectivity index (χ0n) is 17.7. The molecule has 1 amide bonds. The summed E-state index contributed by atoms with van der Waals surface area (Å²) in [5.74, 6) is 1.39. The highest BCUT2D eigenvalue weighted by molar-refractivity contribution is 7.13. The Kier molecular flexibility index (Phi) is 5.28. The van der Waals surface area contributed by atoms with Gasteiger partial charge in [0.1, 0.15) is 16.9 Å². The maximum absolute atomic E-state index is 12.8. The second kappa shape index (κ2) is 7.63. The Hall–Kier alpha value is -2.51. The van der Waals surface area contributed by atoms with Crippen molar-refractivity contribution >= 4 is 34.6 Å². The standard InChI is InChI=1S/C22H24ClN5OS/c1-12-11-30-21-18(12)19(14-6-8-15(23)9-7-14)24-16(10-17(29)25-22(3,4)5)20-27-26-13(2)28(20)21/h6-9,11,16H,10H2,1-5H3,(H,25,29). The van der Waals surface area contributed by atoms with Crippen molar-refractivity contribution in [2.45, 2.75) is 52.6 Å². The Morgan fingerprint density at radius 3 is 2.57 bits per heavy atom. The van der Waals surface area contributed by atoms with Crippen LogP contribution >= 0.6 is 22.9 Å². The summed E-state index contributed by atoms with van der Waals surface area (Å²) < 4.78 is 2.04. The summed E-state index contributed by atoms with van der Waals surface area (Å²) in [5, 5.41) is 15.5. The fourth-order valence-corrected chi connectivity index (χ4v) is 4.85. The normalized spacial score (nSPS) is 15.8. The average Bonchev–Trinajstić information content (AvgIpc) is 3.16. The fraction of sp³-hybridized carbons (Fsp3) is 0.364. The molecule has 1 N–H and O–H groups in total. The summed E-state index contributed by atoms with van der Waals surface area (Å²) in [7, 11) is 0. The van der Waals surface area contributed by atoms with Crippen molar-refractivity contribution in [2.75, 3.05) is 0 Å². The third kappa shape index (κ3) is 3.91. The lowest BCUT2D eigenvalue weighted by molar-refractivity contribution is -0.122. The third-order valence-corrected chi connectivity index (χ3v) is 6.17. The number of carbonyl (C=O) groups is 1. The maximum Gasteiger partial charge on any atom is 0.223 e. The molecule has 6 nitrogen and oxygen atoms in total. The summed E-state index contributed by atoms with van der Waals surface area (Å²) in [5.41, 5.74) is 3.66. The number of benzene rings is 1. The summed E-state index contributed by atoms with van der Waals surface area (Å²) in [6.45, 7) is 9.90. The number of fused-ring (bicyclic) bond motifs is 3. The van der Waals surface area contributed by atoms with E-state index in [9.17, 15) is 4.79 Å². The number of aryl methyl sites for hydroxylation is 2. The molecule has 0 spiro atoms. The highest BCUT2D eigenvalue weighted by Crippen LogP contribution is 2.37. The average molecular weight is 442 g/mol. The Bertz CT molecular complexity index is 1140. The van der Waals surface area contributed by atoms with Crippen molar-refractivity contribution in [2.24, 2.45) is 4.99 Å². The van der Waals surface area contributed by atoms with Crippen LogP contribution in [-0.2, 0) is 4.79 Å². The highest BCUT2D eigenvalue weighted by Gasteiger charge is 2.32. The number of carbonyl (C=O) groups excluding carboxylic acids is 1. The van der Waals surface area contributed by atoms with Gasteiger partial charge in [-0.2, -0.15) is 0 Å². The molecule has 1 aromatic carbocycles. The van der Waals surface area contributed by atoms with Gasteiger partial charge in [0.15, 0.2) is 5.82 Å². The number of rotatable bonds is 3. The lowest BCUT2D eigenvalue weighted by atomic mass is 10.0. The quantitative estimate of drug-likeness (QED) is 0.634. The van der Waals surface area contributed by atoms with Crippen LogP contribution in [0.2, 0.25) is 5.02 Å². The van der Waals surface area contributed by atoms with Gasteiger partial charge in [-0.25, -0.2) is 0 Å². The predicted molar refractivity (Wildman–Crippen MR) is 121 cm³/mol. The van der Waals surface area contributed by atoms with E-state index in [1.165, 1.54) is 0 Å². The van der Waals surface area contributed by atoms with Gasteiger partial charge in [0, 0.05) is 21.7 Å². The SMILES string of the molecule is Cc1csc2c1C(c1ccc(Cl)cc1)=NC(CC(=O)NC(C)(C)C)c1nnc(C)n1-2. The summed E-state index contributed by atoms with van der Waals surface area (Å²) >= 11 is 7.75. The van der Waals surface area contributed by atoms with Gasteiger partial charge in [0.2, 0.25) is 5.91 Å². The first-order chi connectivity index (χ1) is 14.1. The van der Waals surface area contributed by atoms with Gasteiger partial charge in [0.05, 0.1) is 12.1 Å². The molecule has 3 heterocycles. The second-order valence-corrected chi connectivity index (χ2v) is 9.84. The molecule has 1 unspecified atom stereocenters. The van der Waals surface area contributed by atoms with E-state index < -0.39 is 6.04 Å². The van der Waals surface area contributed by atoms with Crippen LogP contribution in [0.25, 0.3) is 5.00 Å². The van der Waals surface area contributed by atoms with E-state index >= 15 is 0 Å². The van der Waals surface area contributed by atoms with E-state index in [2.05, 4.69) is 27.8 Å². The summed E-state index contributed by atoms with van der Waals surface area (Å²) in [4.78, 5) is 17.8. The van der Waals surface area contributed by atoms with Crippen LogP contribution in [0.4, 0.5) is 0 Å². The van der Waals surface area contributed by atoms with E-state index in [4.69, 9.17) is 16.6 Å². The molecule has 0 radical (unpaired) electrons. The van der Waals surface area contributed by atoms with Crippen LogP contribution in [0.3, 0.4) is 0 Å². The second-order valence-electron chi connectivity index (χ2n) is 8.54. The lowest BCUT2D eigenvalue weighted by Crippen LogP contribution is -2.41. The molecular weight excluding hydrogens is 418 g/mol. The Labute approximate surface area is 185 Å². The third-order valence-electron chi connectivity index (χ3n) is 4.84. The van der Waals surface area contributed by atoms with Crippen LogP contribution in [0.5, 0.6) is 0 Å². The van der Waals surface area contributed by atoms with Gasteiger partial charge < -0.3 is 5.32 Å². The zero-order chi connectivity index (χ0) is 21.6. The van der Waals surface area contributed by atoms with Crippen molar-refractivity contribution in [1.82, 2.24) is 20.1 Å². The van der Waals surface area contributed by atoms with Crippen LogP contribution in [-0.4, -0.2) is 31.9 Å². The molecule has 0 fully saturated rings. The van der Waals surface area contributed by atoms with Crippen LogP contribution in [0.15, 0.2) is 34.6 Å². The van der Waals surface area contributed by atoms with E-state index in [-0.39, 0.29) is 17.9 Å². The first-order valence-corrected chi connectivity index (χ1v) is 11.1. The Balaban J connectivity index is 1.88. The number of amides is 1. The molecule has 30 heavy (non-hydrogen) atoms. The highest BCUT2D eigenvalue weighted by atomic mass is 35.5. The molecule has 0 aliphatic carbocycles. The van der Waals surface area contributed by atoms with Gasteiger partial charge in [-0.05, 0) is 57.7 Å². The van der Waals surface area contributed by atoms with Crippen LogP contribution < -0.4 is 5.32 Å². The molecule has 0 saturated heterocycles. The molecular formula is C22H24ClN5OS. The minimum atomic E-state index is -0.446. The van der Waals surface area contributed by atoms with E-state index in [1.54, 1.807) is 11.3 Å². The Morgan fingerprint density at radius 1 is 1.20 bits per heavy atom. The van der Waals surface area contributed by atoms with Crippen LogP contribution in [0.1, 0.15) is 61.6 Å². The first-order valence-electron chi connectivity index (χ1n) is 9.79. The molecule has 1 atom stereocenters. The number of thiophene rings is 1. The van der Waals surface area contributed by atoms with E-state index in [0.717, 1.165) is 33.2 Å². The fourth-order valence-electron chi connectivity index (χ4n) is 3.62. The first kappa shape index (κ1) is 20.8. The molecule has 2 aromatic heterocycles. The number of nitrogens with one attached hydrogen (secondary N) is 1. The van der Waals surface area contributed by atoms with Gasteiger partial charge in [-0.1, -0.05) is 23.7 Å². The van der Waals surface area contributed by atoms with Crippen molar-refractivity contribution in [3.8, 4) is 5.00 Å².